The molecule has 0 unspecified atom stereocenters. The summed E-state index contributed by atoms with van der Waals surface area (Å²) in [5, 5.41) is 9.21. The summed E-state index contributed by atoms with van der Waals surface area (Å²) in [5.41, 5.74) is -0.794. The van der Waals surface area contributed by atoms with Crippen molar-refractivity contribution < 1.29 is 23.0 Å². The molecule has 2 aromatic rings. The topological polar surface area (TPSA) is 42.4 Å². The van der Waals surface area contributed by atoms with Crippen molar-refractivity contribution in [2.45, 2.75) is 6.18 Å². The van der Waals surface area contributed by atoms with Gasteiger partial charge in [-0.15, -0.1) is 0 Å². The zero-order valence-electron chi connectivity index (χ0n) is 9.54. The number of nitrogens with zero attached hydrogens (tertiary/aromatic N) is 1. The molecule has 102 valence electrons. The van der Waals surface area contributed by atoms with Crippen molar-refractivity contribution in [3.05, 3.63) is 33.5 Å². The Labute approximate surface area is 120 Å². The van der Waals surface area contributed by atoms with Crippen LogP contribution in [0.1, 0.15) is 5.69 Å². The van der Waals surface area contributed by atoms with Crippen LogP contribution in [0, 0.1) is 3.57 Å². The van der Waals surface area contributed by atoms with E-state index in [4.69, 9.17) is 9.84 Å². The summed E-state index contributed by atoms with van der Waals surface area (Å²) >= 11 is 2.05. The first-order chi connectivity index (χ1) is 8.91. The van der Waals surface area contributed by atoms with E-state index in [2.05, 4.69) is 27.6 Å². The Balaban J connectivity index is 2.62. The Morgan fingerprint density at radius 1 is 1.26 bits per heavy atom. The van der Waals surface area contributed by atoms with Gasteiger partial charge in [-0.2, -0.15) is 13.2 Å². The summed E-state index contributed by atoms with van der Waals surface area (Å²) in [4.78, 5) is 3.59. The van der Waals surface area contributed by atoms with Crippen LogP contribution in [0.4, 0.5) is 13.2 Å². The van der Waals surface area contributed by atoms with Crippen molar-refractivity contribution in [3.63, 3.8) is 0 Å². The first-order valence-corrected chi connectivity index (χ1v) is 6.41. The fraction of sp³-hybridized carbons (Fsp3) is 0.250. The van der Waals surface area contributed by atoms with E-state index in [1.165, 1.54) is 6.07 Å². The number of hydrogen-bond acceptors (Lipinski definition) is 3. The van der Waals surface area contributed by atoms with Gasteiger partial charge in [-0.05, 0) is 40.8 Å². The van der Waals surface area contributed by atoms with Gasteiger partial charge in [0.15, 0.2) is 0 Å². The van der Waals surface area contributed by atoms with Crippen molar-refractivity contribution in [2.75, 3.05) is 13.2 Å². The Morgan fingerprint density at radius 3 is 2.63 bits per heavy atom. The van der Waals surface area contributed by atoms with Crippen molar-refractivity contribution >= 4 is 33.5 Å². The Bertz CT molecular complexity index is 601. The van der Waals surface area contributed by atoms with E-state index in [0.29, 0.717) is 5.39 Å². The standard InChI is InChI=1S/C12H9F3INO2/c13-12(14,15)11-6-10(19-4-3-18)8-5-7(16)1-2-9(8)17-11/h1-2,5-6,18H,3-4H2. The molecule has 0 radical (unpaired) electrons. The molecule has 0 atom stereocenters. The van der Waals surface area contributed by atoms with E-state index >= 15 is 0 Å². The highest BCUT2D eigenvalue weighted by molar-refractivity contribution is 14.1. The van der Waals surface area contributed by atoms with Crippen LogP contribution in [-0.4, -0.2) is 23.3 Å². The zero-order chi connectivity index (χ0) is 14.0. The monoisotopic (exact) mass is 383 g/mol. The summed E-state index contributed by atoms with van der Waals surface area (Å²) in [6, 6.07) is 5.73. The van der Waals surface area contributed by atoms with Gasteiger partial charge in [0.2, 0.25) is 0 Å². The van der Waals surface area contributed by atoms with E-state index in [9.17, 15) is 13.2 Å². The summed E-state index contributed by atoms with van der Waals surface area (Å²) in [7, 11) is 0. The van der Waals surface area contributed by atoms with Crippen LogP contribution in [0.3, 0.4) is 0 Å². The minimum absolute atomic E-state index is 0.0676. The van der Waals surface area contributed by atoms with Crippen LogP contribution in [-0.2, 0) is 6.18 Å². The lowest BCUT2D eigenvalue weighted by Crippen LogP contribution is -2.10. The lowest BCUT2D eigenvalue weighted by atomic mass is 10.2. The van der Waals surface area contributed by atoms with Gasteiger partial charge in [-0.1, -0.05) is 0 Å². The Hall–Kier alpha value is -1.09. The van der Waals surface area contributed by atoms with Crippen molar-refractivity contribution in [3.8, 4) is 5.75 Å². The molecule has 7 heteroatoms. The first-order valence-electron chi connectivity index (χ1n) is 5.33. The van der Waals surface area contributed by atoms with Gasteiger partial charge in [0, 0.05) is 15.0 Å². The number of rotatable bonds is 3. The SMILES string of the molecule is OCCOc1cc(C(F)(F)F)nc2ccc(I)cc12. The van der Waals surface area contributed by atoms with Gasteiger partial charge in [-0.25, -0.2) is 4.98 Å². The maximum absolute atomic E-state index is 12.7. The molecular formula is C12H9F3INO2. The molecule has 1 aromatic carbocycles. The predicted molar refractivity (Wildman–Crippen MR) is 72.0 cm³/mol. The van der Waals surface area contributed by atoms with E-state index < -0.39 is 11.9 Å². The van der Waals surface area contributed by atoms with E-state index in [0.717, 1.165) is 9.64 Å². The number of aliphatic hydroxyl groups excluding tert-OH is 1. The molecule has 1 heterocycles. The number of aliphatic hydroxyl groups is 1. The van der Waals surface area contributed by atoms with Crippen LogP contribution >= 0.6 is 22.6 Å². The molecular weight excluding hydrogens is 374 g/mol. The number of aromatic nitrogens is 1. The number of alkyl halides is 3. The average Bonchev–Trinajstić information content (AvgIpc) is 2.34. The van der Waals surface area contributed by atoms with E-state index in [1.807, 2.05) is 0 Å². The second-order valence-corrected chi connectivity index (χ2v) is 4.98. The van der Waals surface area contributed by atoms with Gasteiger partial charge < -0.3 is 9.84 Å². The zero-order valence-corrected chi connectivity index (χ0v) is 11.7. The Kier molecular flexibility index (Phi) is 4.14. The van der Waals surface area contributed by atoms with Gasteiger partial charge >= 0.3 is 6.18 Å². The first kappa shape index (κ1) is 14.3. The third kappa shape index (κ3) is 3.27. The lowest BCUT2D eigenvalue weighted by Gasteiger charge is -2.12. The minimum atomic E-state index is -4.53. The number of pyridine rings is 1. The minimum Gasteiger partial charge on any atom is -0.490 e. The van der Waals surface area contributed by atoms with Gasteiger partial charge in [0.05, 0.1) is 12.1 Å². The summed E-state index contributed by atoms with van der Waals surface area (Å²) in [6.45, 7) is -0.336. The largest absolute Gasteiger partial charge is 0.490 e. The van der Waals surface area contributed by atoms with Crippen molar-refractivity contribution in [1.82, 2.24) is 4.98 Å². The van der Waals surface area contributed by atoms with Crippen molar-refractivity contribution in [1.29, 1.82) is 0 Å². The number of benzene rings is 1. The molecule has 0 amide bonds. The molecule has 0 aliphatic carbocycles. The van der Waals surface area contributed by atoms with E-state index in [-0.39, 0.29) is 24.5 Å². The molecule has 3 nitrogen and oxygen atoms in total. The third-order valence-corrected chi connectivity index (χ3v) is 3.04. The molecule has 1 N–H and O–H groups in total. The molecule has 0 saturated carbocycles. The van der Waals surface area contributed by atoms with Gasteiger partial charge in [0.1, 0.15) is 18.1 Å². The third-order valence-electron chi connectivity index (χ3n) is 2.37. The van der Waals surface area contributed by atoms with Gasteiger partial charge in [-0.3, -0.25) is 0 Å². The molecule has 0 fully saturated rings. The molecule has 19 heavy (non-hydrogen) atoms. The molecule has 2 rings (SSSR count). The number of fused-ring (bicyclic) bond motifs is 1. The summed E-state index contributed by atoms with van der Waals surface area (Å²) < 4.78 is 44.2. The fourth-order valence-electron chi connectivity index (χ4n) is 1.59. The van der Waals surface area contributed by atoms with Crippen molar-refractivity contribution in [2.24, 2.45) is 0 Å². The smallest absolute Gasteiger partial charge is 0.433 e. The fourth-order valence-corrected chi connectivity index (χ4v) is 2.08. The number of hydrogen-bond donors (Lipinski definition) is 1. The molecule has 0 saturated heterocycles. The number of ether oxygens (including phenoxy) is 1. The number of halogens is 4. The molecule has 0 bridgehead atoms. The maximum Gasteiger partial charge on any atom is 0.433 e. The van der Waals surface area contributed by atoms with E-state index in [1.54, 1.807) is 12.1 Å². The van der Waals surface area contributed by atoms with Crippen LogP contribution in [0.25, 0.3) is 10.9 Å². The highest BCUT2D eigenvalue weighted by Crippen LogP contribution is 2.34. The van der Waals surface area contributed by atoms with Gasteiger partial charge in [0.25, 0.3) is 0 Å². The quantitative estimate of drug-likeness (QED) is 0.828. The highest BCUT2D eigenvalue weighted by Gasteiger charge is 2.33. The van der Waals surface area contributed by atoms with Crippen LogP contribution in [0.5, 0.6) is 5.75 Å². The van der Waals surface area contributed by atoms with Crippen LogP contribution in [0.15, 0.2) is 24.3 Å². The predicted octanol–water partition coefficient (Wildman–Crippen LogP) is 3.23. The Morgan fingerprint density at radius 2 is 2.00 bits per heavy atom. The highest BCUT2D eigenvalue weighted by atomic mass is 127. The molecule has 0 spiro atoms. The van der Waals surface area contributed by atoms with Crippen LogP contribution in [0.2, 0.25) is 0 Å². The van der Waals surface area contributed by atoms with Crippen LogP contribution < -0.4 is 4.74 Å². The summed E-state index contributed by atoms with van der Waals surface area (Å²) in [6.07, 6.45) is -4.53. The molecule has 0 aliphatic rings. The molecule has 1 aromatic heterocycles. The second-order valence-electron chi connectivity index (χ2n) is 3.74. The lowest BCUT2D eigenvalue weighted by molar-refractivity contribution is -0.141. The second kappa shape index (κ2) is 5.49. The average molecular weight is 383 g/mol. The maximum atomic E-state index is 12.7. The normalized spacial score (nSPS) is 11.8. The summed E-state index contributed by atoms with van der Waals surface area (Å²) in [5.74, 6) is 0.0740. The molecule has 0 aliphatic heterocycles.